The van der Waals surface area contributed by atoms with Crippen molar-refractivity contribution in [1.82, 2.24) is 9.97 Å². The van der Waals surface area contributed by atoms with Crippen molar-refractivity contribution in [2.45, 2.75) is 39.5 Å². The van der Waals surface area contributed by atoms with E-state index in [0.29, 0.717) is 5.92 Å². The monoisotopic (exact) mass is 196 g/mol. The fourth-order valence-electron chi connectivity index (χ4n) is 1.57. The summed E-state index contributed by atoms with van der Waals surface area (Å²) in [7, 11) is 0. The minimum Gasteiger partial charge on any atom is -0.396 e. The lowest BCUT2D eigenvalue weighted by Crippen LogP contribution is -2.12. The number of aliphatic hydroxyl groups is 1. The van der Waals surface area contributed by atoms with Gasteiger partial charge in [0, 0.05) is 17.8 Å². The van der Waals surface area contributed by atoms with E-state index < -0.39 is 0 Å². The Hall–Kier alpha value is -0.830. The molecule has 2 N–H and O–H groups in total. The standard InChI is InChI=1S/C11H20N2O/c1-4-5-9-6-12-11(13-9)10(7-14)8(2)3/h6,8,10,14H,4-5,7H2,1-3H3,(H,12,13). The molecule has 14 heavy (non-hydrogen) atoms. The molecule has 1 aromatic rings. The summed E-state index contributed by atoms with van der Waals surface area (Å²) in [4.78, 5) is 7.59. The Labute approximate surface area is 85.6 Å². The van der Waals surface area contributed by atoms with Gasteiger partial charge in [-0.15, -0.1) is 0 Å². The number of imidazole rings is 1. The first kappa shape index (κ1) is 11.2. The van der Waals surface area contributed by atoms with Crippen LogP contribution in [0.3, 0.4) is 0 Å². The largest absolute Gasteiger partial charge is 0.396 e. The number of aromatic amines is 1. The molecule has 0 aliphatic heterocycles. The van der Waals surface area contributed by atoms with E-state index in [-0.39, 0.29) is 12.5 Å². The van der Waals surface area contributed by atoms with Gasteiger partial charge in [-0.1, -0.05) is 27.2 Å². The van der Waals surface area contributed by atoms with Crippen LogP contribution >= 0.6 is 0 Å². The maximum atomic E-state index is 9.23. The first-order valence-electron chi connectivity index (χ1n) is 5.33. The van der Waals surface area contributed by atoms with Crippen LogP contribution < -0.4 is 0 Å². The average Bonchev–Trinajstić information content (AvgIpc) is 2.54. The van der Waals surface area contributed by atoms with Crippen LogP contribution in [0.15, 0.2) is 6.20 Å². The van der Waals surface area contributed by atoms with Gasteiger partial charge in [-0.25, -0.2) is 4.98 Å². The van der Waals surface area contributed by atoms with Gasteiger partial charge in [0.25, 0.3) is 0 Å². The fourth-order valence-corrected chi connectivity index (χ4v) is 1.57. The molecule has 1 aromatic heterocycles. The third-order valence-corrected chi connectivity index (χ3v) is 2.52. The molecule has 0 fully saturated rings. The van der Waals surface area contributed by atoms with Crippen LogP contribution in [-0.4, -0.2) is 21.7 Å². The molecule has 1 atom stereocenters. The summed E-state index contributed by atoms with van der Waals surface area (Å²) < 4.78 is 0. The number of hydrogen-bond donors (Lipinski definition) is 2. The molecule has 0 saturated heterocycles. The van der Waals surface area contributed by atoms with Gasteiger partial charge in [0.2, 0.25) is 0 Å². The molecule has 0 saturated carbocycles. The molecule has 0 aliphatic rings. The van der Waals surface area contributed by atoms with Crippen molar-refractivity contribution in [2.24, 2.45) is 5.92 Å². The van der Waals surface area contributed by atoms with Crippen LogP contribution in [0.5, 0.6) is 0 Å². The van der Waals surface area contributed by atoms with Crippen molar-refractivity contribution in [3.63, 3.8) is 0 Å². The first-order valence-corrected chi connectivity index (χ1v) is 5.33. The van der Waals surface area contributed by atoms with Crippen molar-refractivity contribution >= 4 is 0 Å². The first-order chi connectivity index (χ1) is 6.69. The van der Waals surface area contributed by atoms with Crippen molar-refractivity contribution in [3.8, 4) is 0 Å². The van der Waals surface area contributed by atoms with Gasteiger partial charge in [-0.2, -0.15) is 0 Å². The van der Waals surface area contributed by atoms with Crippen LogP contribution in [0.2, 0.25) is 0 Å². The van der Waals surface area contributed by atoms with Crippen LogP contribution in [0.4, 0.5) is 0 Å². The second-order valence-corrected chi connectivity index (χ2v) is 4.08. The second-order valence-electron chi connectivity index (χ2n) is 4.08. The highest BCUT2D eigenvalue weighted by molar-refractivity contribution is 5.06. The molecule has 0 aliphatic carbocycles. The summed E-state index contributed by atoms with van der Waals surface area (Å²) in [6.45, 7) is 6.51. The lowest BCUT2D eigenvalue weighted by molar-refractivity contribution is 0.232. The van der Waals surface area contributed by atoms with Gasteiger partial charge >= 0.3 is 0 Å². The number of H-pyrrole nitrogens is 1. The molecule has 3 nitrogen and oxygen atoms in total. The third-order valence-electron chi connectivity index (χ3n) is 2.52. The Morgan fingerprint density at radius 2 is 2.21 bits per heavy atom. The zero-order chi connectivity index (χ0) is 10.6. The molecular formula is C11H20N2O. The van der Waals surface area contributed by atoms with E-state index in [0.717, 1.165) is 18.7 Å². The maximum Gasteiger partial charge on any atom is 0.111 e. The number of aromatic nitrogens is 2. The summed E-state index contributed by atoms with van der Waals surface area (Å²) in [5, 5.41) is 9.23. The van der Waals surface area contributed by atoms with Crippen LogP contribution in [0.25, 0.3) is 0 Å². The van der Waals surface area contributed by atoms with E-state index in [1.807, 2.05) is 6.20 Å². The van der Waals surface area contributed by atoms with E-state index in [1.165, 1.54) is 5.69 Å². The number of aliphatic hydroxyl groups excluding tert-OH is 1. The van der Waals surface area contributed by atoms with Gasteiger partial charge < -0.3 is 10.1 Å². The smallest absolute Gasteiger partial charge is 0.111 e. The van der Waals surface area contributed by atoms with Crippen molar-refractivity contribution in [2.75, 3.05) is 6.61 Å². The van der Waals surface area contributed by atoms with Crippen LogP contribution in [0.1, 0.15) is 44.6 Å². The summed E-state index contributed by atoms with van der Waals surface area (Å²) in [5.41, 5.74) is 1.17. The highest BCUT2D eigenvalue weighted by Gasteiger charge is 2.17. The van der Waals surface area contributed by atoms with Crippen molar-refractivity contribution in [1.29, 1.82) is 0 Å². The Bertz CT molecular complexity index is 268. The van der Waals surface area contributed by atoms with Gasteiger partial charge in [0.15, 0.2) is 0 Å². The third kappa shape index (κ3) is 2.58. The normalized spacial score (nSPS) is 13.5. The summed E-state index contributed by atoms with van der Waals surface area (Å²) in [6, 6.07) is 0. The molecule has 0 spiro atoms. The van der Waals surface area contributed by atoms with Crippen LogP contribution in [0, 0.1) is 5.92 Å². The number of aryl methyl sites for hydroxylation is 1. The molecule has 1 unspecified atom stereocenters. The number of nitrogens with one attached hydrogen (secondary N) is 1. The molecule has 1 rings (SSSR count). The summed E-state index contributed by atoms with van der Waals surface area (Å²) in [5.74, 6) is 1.48. The Balaban J connectivity index is 2.73. The van der Waals surface area contributed by atoms with E-state index in [9.17, 15) is 5.11 Å². The van der Waals surface area contributed by atoms with Crippen LogP contribution in [-0.2, 0) is 6.42 Å². The minimum atomic E-state index is 0.139. The van der Waals surface area contributed by atoms with E-state index >= 15 is 0 Å². The highest BCUT2D eigenvalue weighted by Crippen LogP contribution is 2.21. The van der Waals surface area contributed by atoms with E-state index in [4.69, 9.17) is 0 Å². The van der Waals surface area contributed by atoms with Crippen molar-refractivity contribution in [3.05, 3.63) is 17.7 Å². The number of hydrogen-bond acceptors (Lipinski definition) is 2. The van der Waals surface area contributed by atoms with Gasteiger partial charge in [-0.3, -0.25) is 0 Å². The average molecular weight is 196 g/mol. The Morgan fingerprint density at radius 1 is 1.50 bits per heavy atom. The number of rotatable bonds is 5. The summed E-state index contributed by atoms with van der Waals surface area (Å²) >= 11 is 0. The van der Waals surface area contributed by atoms with Gasteiger partial charge in [0.05, 0.1) is 6.61 Å². The zero-order valence-corrected chi connectivity index (χ0v) is 9.25. The Kier molecular flexibility index (Phi) is 4.14. The molecule has 3 heteroatoms. The molecule has 1 heterocycles. The molecule has 0 radical (unpaired) electrons. The second kappa shape index (κ2) is 5.15. The fraction of sp³-hybridized carbons (Fsp3) is 0.727. The molecule has 0 aromatic carbocycles. The topological polar surface area (TPSA) is 48.9 Å². The zero-order valence-electron chi connectivity index (χ0n) is 9.25. The maximum absolute atomic E-state index is 9.23. The SMILES string of the molecule is CCCc1cnc(C(CO)C(C)C)[nH]1. The van der Waals surface area contributed by atoms with Gasteiger partial charge in [0.1, 0.15) is 5.82 Å². The molecular weight excluding hydrogens is 176 g/mol. The minimum absolute atomic E-state index is 0.139. The Morgan fingerprint density at radius 3 is 2.71 bits per heavy atom. The molecule has 0 amide bonds. The van der Waals surface area contributed by atoms with Gasteiger partial charge in [-0.05, 0) is 12.3 Å². The highest BCUT2D eigenvalue weighted by atomic mass is 16.3. The molecule has 80 valence electrons. The predicted octanol–water partition coefficient (Wildman–Crippen LogP) is 2.09. The number of nitrogens with zero attached hydrogens (tertiary/aromatic N) is 1. The van der Waals surface area contributed by atoms with E-state index in [1.54, 1.807) is 0 Å². The predicted molar refractivity (Wildman–Crippen MR) is 57.2 cm³/mol. The summed E-state index contributed by atoms with van der Waals surface area (Å²) in [6.07, 6.45) is 4.03. The molecule has 0 bridgehead atoms. The van der Waals surface area contributed by atoms with E-state index in [2.05, 4.69) is 30.7 Å². The lowest BCUT2D eigenvalue weighted by Gasteiger charge is -2.15. The quantitative estimate of drug-likeness (QED) is 0.757. The lowest BCUT2D eigenvalue weighted by atomic mass is 9.96. The van der Waals surface area contributed by atoms with Crippen molar-refractivity contribution < 1.29 is 5.11 Å².